The number of aromatic nitrogens is 1. The van der Waals surface area contributed by atoms with Crippen LogP contribution in [-0.2, 0) is 11.2 Å². The third-order valence-electron chi connectivity index (χ3n) is 3.71. The molecule has 0 aliphatic carbocycles. The second-order valence-electron chi connectivity index (χ2n) is 6.03. The largest absolute Gasteiger partial charge is 0.298 e. The van der Waals surface area contributed by atoms with Crippen molar-refractivity contribution in [3.63, 3.8) is 0 Å². The summed E-state index contributed by atoms with van der Waals surface area (Å²) in [4.78, 5) is 17.5. The highest BCUT2D eigenvalue weighted by atomic mass is 32.1. The fourth-order valence-corrected chi connectivity index (χ4v) is 3.41. The molecular formula is C21H20N2OS. The normalized spacial score (nSPS) is 11.0. The Hall–Kier alpha value is -2.72. The predicted molar refractivity (Wildman–Crippen MR) is 105 cm³/mol. The van der Waals surface area contributed by atoms with E-state index in [1.807, 2.05) is 43.5 Å². The molecule has 4 heteroatoms. The molecule has 3 aromatic rings. The molecule has 25 heavy (non-hydrogen) atoms. The van der Waals surface area contributed by atoms with Crippen molar-refractivity contribution in [2.75, 3.05) is 5.32 Å². The standard InChI is InChI=1S/C21H20N2OS/c1-15-5-3-7-17(11-15)9-10-20(24)23-21-22-14-19(25-21)13-18-8-4-6-16(2)12-18/h3-12,14H,13H2,1-2H3,(H,22,23,24). The van der Waals surface area contributed by atoms with Crippen LogP contribution in [0, 0.1) is 13.8 Å². The van der Waals surface area contributed by atoms with E-state index in [1.165, 1.54) is 34.1 Å². The topological polar surface area (TPSA) is 42.0 Å². The molecule has 0 spiro atoms. The van der Waals surface area contributed by atoms with Crippen LogP contribution in [0.25, 0.3) is 6.08 Å². The number of aryl methyl sites for hydroxylation is 2. The van der Waals surface area contributed by atoms with Gasteiger partial charge < -0.3 is 0 Å². The fourth-order valence-electron chi connectivity index (χ4n) is 2.56. The summed E-state index contributed by atoms with van der Waals surface area (Å²) in [6, 6.07) is 16.4. The molecule has 3 nitrogen and oxygen atoms in total. The maximum absolute atomic E-state index is 12.1. The van der Waals surface area contributed by atoms with Gasteiger partial charge in [-0.2, -0.15) is 0 Å². The minimum absolute atomic E-state index is 0.169. The van der Waals surface area contributed by atoms with E-state index in [4.69, 9.17) is 0 Å². The third-order valence-corrected chi connectivity index (χ3v) is 4.63. The number of anilines is 1. The van der Waals surface area contributed by atoms with Crippen molar-refractivity contribution >= 4 is 28.5 Å². The molecule has 0 fully saturated rings. The first-order chi connectivity index (χ1) is 12.1. The Bertz CT molecular complexity index is 912. The molecule has 0 saturated heterocycles. The van der Waals surface area contributed by atoms with Gasteiger partial charge in [0.15, 0.2) is 5.13 Å². The van der Waals surface area contributed by atoms with Crippen LogP contribution >= 0.6 is 11.3 Å². The number of benzene rings is 2. The molecule has 1 amide bonds. The van der Waals surface area contributed by atoms with Gasteiger partial charge in [0.2, 0.25) is 5.91 Å². The summed E-state index contributed by atoms with van der Waals surface area (Å²) < 4.78 is 0. The Morgan fingerprint density at radius 3 is 2.64 bits per heavy atom. The number of carbonyl (C=O) groups is 1. The predicted octanol–water partition coefficient (Wildman–Crippen LogP) is 5.00. The number of thiazole rings is 1. The van der Waals surface area contributed by atoms with Crippen molar-refractivity contribution in [2.24, 2.45) is 0 Å². The molecule has 3 rings (SSSR count). The van der Waals surface area contributed by atoms with E-state index in [1.54, 1.807) is 0 Å². The minimum Gasteiger partial charge on any atom is -0.298 e. The molecule has 0 aliphatic heterocycles. The van der Waals surface area contributed by atoms with E-state index in [0.29, 0.717) is 5.13 Å². The van der Waals surface area contributed by atoms with Crippen molar-refractivity contribution < 1.29 is 4.79 Å². The van der Waals surface area contributed by atoms with Gasteiger partial charge >= 0.3 is 0 Å². The van der Waals surface area contributed by atoms with E-state index in [-0.39, 0.29) is 5.91 Å². The second-order valence-corrected chi connectivity index (χ2v) is 7.15. The van der Waals surface area contributed by atoms with E-state index in [2.05, 4.69) is 41.5 Å². The van der Waals surface area contributed by atoms with E-state index in [9.17, 15) is 4.79 Å². The quantitative estimate of drug-likeness (QED) is 0.659. The van der Waals surface area contributed by atoms with Crippen LogP contribution in [-0.4, -0.2) is 10.9 Å². The molecule has 0 unspecified atom stereocenters. The van der Waals surface area contributed by atoms with E-state index < -0.39 is 0 Å². The van der Waals surface area contributed by atoms with Crippen LogP contribution in [0.5, 0.6) is 0 Å². The Kier molecular flexibility index (Phi) is 5.41. The Morgan fingerprint density at radius 2 is 1.88 bits per heavy atom. The van der Waals surface area contributed by atoms with Gasteiger partial charge in [0.05, 0.1) is 0 Å². The summed E-state index contributed by atoms with van der Waals surface area (Å²) in [6.45, 7) is 4.12. The molecule has 2 aromatic carbocycles. The lowest BCUT2D eigenvalue weighted by atomic mass is 10.1. The lowest BCUT2D eigenvalue weighted by Gasteiger charge is -1.99. The van der Waals surface area contributed by atoms with Crippen LogP contribution in [0.1, 0.15) is 27.1 Å². The third kappa shape index (κ3) is 5.13. The van der Waals surface area contributed by atoms with Crippen LogP contribution in [0.2, 0.25) is 0 Å². The average Bonchev–Trinajstić information content (AvgIpc) is 3.00. The Morgan fingerprint density at radius 1 is 1.12 bits per heavy atom. The number of nitrogens with zero attached hydrogens (tertiary/aromatic N) is 1. The lowest BCUT2D eigenvalue weighted by Crippen LogP contribution is -2.07. The van der Waals surface area contributed by atoms with Crippen molar-refractivity contribution in [3.05, 3.63) is 87.9 Å². The SMILES string of the molecule is Cc1cccc(C=CC(=O)Nc2ncc(Cc3cccc(C)c3)s2)c1. The number of nitrogens with one attached hydrogen (secondary N) is 1. The number of hydrogen-bond donors (Lipinski definition) is 1. The lowest BCUT2D eigenvalue weighted by molar-refractivity contribution is -0.111. The smallest absolute Gasteiger partial charge is 0.250 e. The molecule has 0 bridgehead atoms. The van der Waals surface area contributed by atoms with Crippen LogP contribution in [0.15, 0.2) is 60.8 Å². The van der Waals surface area contributed by atoms with Gasteiger partial charge in [0.1, 0.15) is 0 Å². The molecule has 126 valence electrons. The molecule has 0 saturated carbocycles. The van der Waals surface area contributed by atoms with Gasteiger partial charge in [-0.1, -0.05) is 59.7 Å². The molecule has 1 N–H and O–H groups in total. The van der Waals surface area contributed by atoms with E-state index >= 15 is 0 Å². The fraction of sp³-hybridized carbons (Fsp3) is 0.143. The van der Waals surface area contributed by atoms with Crippen molar-refractivity contribution in [1.82, 2.24) is 4.98 Å². The first-order valence-corrected chi connectivity index (χ1v) is 8.96. The molecular weight excluding hydrogens is 328 g/mol. The highest BCUT2D eigenvalue weighted by molar-refractivity contribution is 7.15. The first-order valence-electron chi connectivity index (χ1n) is 8.14. The summed E-state index contributed by atoms with van der Waals surface area (Å²) in [5.74, 6) is -0.169. The maximum Gasteiger partial charge on any atom is 0.250 e. The molecule has 0 radical (unpaired) electrons. The molecule has 0 atom stereocenters. The van der Waals surface area contributed by atoms with Gasteiger partial charge in [-0.3, -0.25) is 10.1 Å². The highest BCUT2D eigenvalue weighted by Crippen LogP contribution is 2.21. The number of amides is 1. The van der Waals surface area contributed by atoms with Gasteiger partial charge in [-0.25, -0.2) is 4.98 Å². The first kappa shape index (κ1) is 17.1. The number of carbonyl (C=O) groups excluding carboxylic acids is 1. The van der Waals surface area contributed by atoms with Gasteiger partial charge in [-0.05, 0) is 31.1 Å². The van der Waals surface area contributed by atoms with Gasteiger partial charge in [0, 0.05) is 23.6 Å². The highest BCUT2D eigenvalue weighted by Gasteiger charge is 2.05. The summed E-state index contributed by atoms with van der Waals surface area (Å²) in [6.07, 6.45) is 6.00. The second kappa shape index (κ2) is 7.90. The van der Waals surface area contributed by atoms with Crippen LogP contribution < -0.4 is 5.32 Å². The molecule has 1 heterocycles. The summed E-state index contributed by atoms with van der Waals surface area (Å²) in [5, 5.41) is 3.45. The van der Waals surface area contributed by atoms with Crippen molar-refractivity contribution in [1.29, 1.82) is 0 Å². The van der Waals surface area contributed by atoms with Crippen LogP contribution in [0.4, 0.5) is 5.13 Å². The zero-order valence-corrected chi connectivity index (χ0v) is 15.1. The maximum atomic E-state index is 12.1. The summed E-state index contributed by atoms with van der Waals surface area (Å²) in [7, 11) is 0. The van der Waals surface area contributed by atoms with Gasteiger partial charge in [-0.15, -0.1) is 11.3 Å². The monoisotopic (exact) mass is 348 g/mol. The molecule has 1 aromatic heterocycles. The van der Waals surface area contributed by atoms with E-state index in [0.717, 1.165) is 16.9 Å². The Labute approximate surface area is 152 Å². The van der Waals surface area contributed by atoms with Gasteiger partial charge in [0.25, 0.3) is 0 Å². The number of rotatable bonds is 5. The van der Waals surface area contributed by atoms with Crippen molar-refractivity contribution in [3.8, 4) is 0 Å². The number of hydrogen-bond acceptors (Lipinski definition) is 3. The van der Waals surface area contributed by atoms with Crippen LogP contribution in [0.3, 0.4) is 0 Å². The summed E-state index contributed by atoms with van der Waals surface area (Å²) in [5.41, 5.74) is 4.68. The Balaban J connectivity index is 1.60. The zero-order chi connectivity index (χ0) is 17.6. The average molecular weight is 348 g/mol. The van der Waals surface area contributed by atoms with Crippen molar-refractivity contribution in [2.45, 2.75) is 20.3 Å². The zero-order valence-electron chi connectivity index (χ0n) is 14.3. The minimum atomic E-state index is -0.169. The summed E-state index contributed by atoms with van der Waals surface area (Å²) >= 11 is 1.51. The molecule has 0 aliphatic rings.